The van der Waals surface area contributed by atoms with Gasteiger partial charge >= 0.3 is 0 Å². The van der Waals surface area contributed by atoms with Crippen LogP contribution < -0.4 is 10.6 Å². The van der Waals surface area contributed by atoms with E-state index < -0.39 is 0 Å². The van der Waals surface area contributed by atoms with Gasteiger partial charge < -0.3 is 10.6 Å². The van der Waals surface area contributed by atoms with Gasteiger partial charge in [0.25, 0.3) is 0 Å². The number of anilines is 2. The normalized spacial score (nSPS) is 19.8. The maximum Gasteiger partial charge on any atom is 0.226 e. The first-order valence-electron chi connectivity index (χ1n) is 5.77. The molecular formula is C13H18N2O. The number of para-hydroxylation sites is 1. The fraction of sp³-hybridized carbons (Fsp3) is 0.462. The second kappa shape index (κ2) is 4.16. The van der Waals surface area contributed by atoms with Crippen LogP contribution in [0.25, 0.3) is 0 Å². The first-order chi connectivity index (χ1) is 7.58. The average Bonchev–Trinajstić information content (AvgIpc) is 2.33. The third-order valence-electron chi connectivity index (χ3n) is 2.88. The molecule has 2 rings (SSSR count). The summed E-state index contributed by atoms with van der Waals surface area (Å²) in [4.78, 5) is 11.6. The molecule has 1 amide bonds. The van der Waals surface area contributed by atoms with Crippen molar-refractivity contribution in [2.45, 2.75) is 39.2 Å². The lowest BCUT2D eigenvalue weighted by Gasteiger charge is -2.18. The molecule has 86 valence electrons. The Kier molecular flexibility index (Phi) is 2.86. The number of carbonyl (C=O) groups excluding carboxylic acids is 1. The molecule has 1 aromatic rings. The molecule has 1 aliphatic heterocycles. The van der Waals surface area contributed by atoms with Gasteiger partial charge in [-0.2, -0.15) is 0 Å². The highest BCUT2D eigenvalue weighted by Crippen LogP contribution is 2.33. The van der Waals surface area contributed by atoms with Crippen molar-refractivity contribution in [2.75, 3.05) is 10.6 Å². The second-order valence-electron chi connectivity index (χ2n) is 4.72. The third-order valence-corrected chi connectivity index (χ3v) is 2.88. The van der Waals surface area contributed by atoms with Crippen LogP contribution in [0.5, 0.6) is 0 Å². The number of fused-ring (bicyclic) bond motifs is 1. The molecule has 16 heavy (non-hydrogen) atoms. The Morgan fingerprint density at radius 2 is 2.12 bits per heavy atom. The molecule has 0 bridgehead atoms. The monoisotopic (exact) mass is 218 g/mol. The predicted octanol–water partition coefficient (Wildman–Crippen LogP) is 2.95. The van der Waals surface area contributed by atoms with Crippen LogP contribution in [0.4, 0.5) is 11.4 Å². The quantitative estimate of drug-likeness (QED) is 0.761. The van der Waals surface area contributed by atoms with E-state index in [1.807, 2.05) is 19.1 Å². The number of benzene rings is 1. The lowest BCUT2D eigenvalue weighted by molar-refractivity contribution is -0.116. The minimum atomic E-state index is 0.0830. The van der Waals surface area contributed by atoms with E-state index in [1.54, 1.807) is 0 Å². The SMILES string of the molecule is CC1CC(=O)Nc2cccc(C(C)C)c2N1. The summed E-state index contributed by atoms with van der Waals surface area (Å²) in [6.45, 7) is 6.36. The Labute approximate surface area is 96.2 Å². The molecule has 0 fully saturated rings. The van der Waals surface area contributed by atoms with Gasteiger partial charge in [0, 0.05) is 12.5 Å². The van der Waals surface area contributed by atoms with Crippen molar-refractivity contribution < 1.29 is 4.79 Å². The van der Waals surface area contributed by atoms with E-state index in [0.29, 0.717) is 12.3 Å². The number of carbonyl (C=O) groups is 1. The van der Waals surface area contributed by atoms with E-state index in [9.17, 15) is 4.79 Å². The standard InChI is InChI=1S/C13H18N2O/c1-8(2)10-5-4-6-11-13(10)14-9(3)7-12(16)15-11/h4-6,8-9,14H,7H2,1-3H3,(H,15,16). The van der Waals surface area contributed by atoms with Crippen LogP contribution in [0.1, 0.15) is 38.7 Å². The van der Waals surface area contributed by atoms with E-state index in [2.05, 4.69) is 30.5 Å². The predicted molar refractivity (Wildman–Crippen MR) is 66.9 cm³/mol. The molecule has 0 spiro atoms. The Morgan fingerprint density at radius 3 is 2.81 bits per heavy atom. The summed E-state index contributed by atoms with van der Waals surface area (Å²) in [5.41, 5.74) is 3.24. The summed E-state index contributed by atoms with van der Waals surface area (Å²) >= 11 is 0. The molecule has 1 aliphatic rings. The third kappa shape index (κ3) is 2.03. The highest BCUT2D eigenvalue weighted by atomic mass is 16.1. The zero-order chi connectivity index (χ0) is 11.7. The van der Waals surface area contributed by atoms with Gasteiger partial charge in [0.1, 0.15) is 0 Å². The van der Waals surface area contributed by atoms with Crippen LogP contribution in [0.15, 0.2) is 18.2 Å². The van der Waals surface area contributed by atoms with Gasteiger partial charge in [-0.15, -0.1) is 0 Å². The van der Waals surface area contributed by atoms with Crippen molar-refractivity contribution in [3.05, 3.63) is 23.8 Å². The smallest absolute Gasteiger partial charge is 0.226 e. The van der Waals surface area contributed by atoms with Gasteiger partial charge in [-0.05, 0) is 24.5 Å². The molecule has 1 atom stereocenters. The molecule has 1 unspecified atom stereocenters. The van der Waals surface area contributed by atoms with E-state index in [-0.39, 0.29) is 11.9 Å². The molecule has 0 radical (unpaired) electrons. The summed E-state index contributed by atoms with van der Waals surface area (Å²) < 4.78 is 0. The maximum atomic E-state index is 11.6. The minimum absolute atomic E-state index is 0.0830. The average molecular weight is 218 g/mol. The molecule has 3 heteroatoms. The number of hydrogen-bond acceptors (Lipinski definition) is 2. The van der Waals surface area contributed by atoms with Crippen LogP contribution >= 0.6 is 0 Å². The molecule has 0 saturated carbocycles. The van der Waals surface area contributed by atoms with Gasteiger partial charge in [-0.3, -0.25) is 4.79 Å². The van der Waals surface area contributed by atoms with Crippen molar-refractivity contribution in [2.24, 2.45) is 0 Å². The number of hydrogen-bond donors (Lipinski definition) is 2. The molecule has 1 aromatic carbocycles. The molecule has 2 N–H and O–H groups in total. The molecular weight excluding hydrogens is 200 g/mol. The van der Waals surface area contributed by atoms with Crippen LogP contribution in [-0.2, 0) is 4.79 Å². The topological polar surface area (TPSA) is 41.1 Å². The molecule has 0 aliphatic carbocycles. The Morgan fingerprint density at radius 1 is 1.38 bits per heavy atom. The fourth-order valence-electron chi connectivity index (χ4n) is 2.09. The number of amides is 1. The summed E-state index contributed by atoms with van der Waals surface area (Å²) in [7, 11) is 0. The molecule has 0 aromatic heterocycles. The van der Waals surface area contributed by atoms with Gasteiger partial charge in [0.15, 0.2) is 0 Å². The minimum Gasteiger partial charge on any atom is -0.380 e. The van der Waals surface area contributed by atoms with Gasteiger partial charge in [-0.1, -0.05) is 26.0 Å². The number of nitrogens with one attached hydrogen (secondary N) is 2. The van der Waals surface area contributed by atoms with Crippen LogP contribution in [0.3, 0.4) is 0 Å². The highest BCUT2D eigenvalue weighted by Gasteiger charge is 2.20. The number of rotatable bonds is 1. The lowest BCUT2D eigenvalue weighted by Crippen LogP contribution is -2.19. The van der Waals surface area contributed by atoms with Crippen molar-refractivity contribution in [1.82, 2.24) is 0 Å². The first kappa shape index (κ1) is 11.0. The molecule has 0 saturated heterocycles. The highest BCUT2D eigenvalue weighted by molar-refractivity contribution is 5.97. The van der Waals surface area contributed by atoms with E-state index in [1.165, 1.54) is 5.56 Å². The summed E-state index contributed by atoms with van der Waals surface area (Å²) in [5, 5.41) is 6.37. The van der Waals surface area contributed by atoms with Crippen molar-refractivity contribution in [1.29, 1.82) is 0 Å². The van der Waals surface area contributed by atoms with E-state index >= 15 is 0 Å². The van der Waals surface area contributed by atoms with Crippen LogP contribution in [-0.4, -0.2) is 11.9 Å². The van der Waals surface area contributed by atoms with Crippen LogP contribution in [0, 0.1) is 0 Å². The zero-order valence-electron chi connectivity index (χ0n) is 10.0. The van der Waals surface area contributed by atoms with Crippen molar-refractivity contribution in [3.63, 3.8) is 0 Å². The second-order valence-corrected chi connectivity index (χ2v) is 4.72. The summed E-state index contributed by atoms with van der Waals surface area (Å²) in [6.07, 6.45) is 0.520. The molecule has 3 nitrogen and oxygen atoms in total. The van der Waals surface area contributed by atoms with E-state index in [4.69, 9.17) is 0 Å². The van der Waals surface area contributed by atoms with Crippen LogP contribution in [0.2, 0.25) is 0 Å². The van der Waals surface area contributed by atoms with Gasteiger partial charge in [-0.25, -0.2) is 0 Å². The Hall–Kier alpha value is -1.51. The Bertz CT molecular complexity index is 412. The summed E-state index contributed by atoms with van der Waals surface area (Å²) in [5.74, 6) is 0.532. The zero-order valence-corrected chi connectivity index (χ0v) is 10.0. The van der Waals surface area contributed by atoms with Gasteiger partial charge in [0.05, 0.1) is 11.4 Å². The van der Waals surface area contributed by atoms with Gasteiger partial charge in [0.2, 0.25) is 5.91 Å². The maximum absolute atomic E-state index is 11.6. The molecule has 1 heterocycles. The van der Waals surface area contributed by atoms with Crippen molar-refractivity contribution >= 4 is 17.3 Å². The Balaban J connectivity index is 2.48. The first-order valence-corrected chi connectivity index (χ1v) is 5.77. The lowest BCUT2D eigenvalue weighted by atomic mass is 10.00. The van der Waals surface area contributed by atoms with Crippen molar-refractivity contribution in [3.8, 4) is 0 Å². The summed E-state index contributed by atoms with van der Waals surface area (Å²) in [6, 6.07) is 6.23. The largest absolute Gasteiger partial charge is 0.380 e. The van der Waals surface area contributed by atoms with E-state index in [0.717, 1.165) is 11.4 Å². The fourth-order valence-corrected chi connectivity index (χ4v) is 2.09.